The monoisotopic (exact) mass is 525 g/mol. The molecule has 4 aromatic heterocycles. The van der Waals surface area contributed by atoms with Crippen molar-refractivity contribution in [2.24, 2.45) is 17.8 Å². The van der Waals surface area contributed by atoms with Crippen LogP contribution < -0.4 is 5.32 Å². The van der Waals surface area contributed by atoms with E-state index in [0.717, 1.165) is 43.2 Å². The molecule has 2 atom stereocenters. The number of aliphatic carboxylic acids is 1. The molecule has 4 aromatic rings. The molecule has 3 aliphatic rings. The Morgan fingerprint density at radius 2 is 1.84 bits per heavy atom. The third kappa shape index (κ3) is 4.01. The third-order valence-corrected chi connectivity index (χ3v) is 8.53. The predicted molar refractivity (Wildman–Crippen MR) is 131 cm³/mol. The Balaban J connectivity index is 1.50. The number of rotatable bonds is 6. The van der Waals surface area contributed by atoms with Gasteiger partial charge in [-0.05, 0) is 55.7 Å². The second-order valence-corrected chi connectivity index (χ2v) is 10.6. The van der Waals surface area contributed by atoms with Crippen LogP contribution in [0.4, 0.5) is 14.6 Å². The number of pyridine rings is 1. The van der Waals surface area contributed by atoms with E-state index in [9.17, 15) is 24.2 Å². The number of hydrogen-bond donors (Lipinski definition) is 4. The summed E-state index contributed by atoms with van der Waals surface area (Å²) in [6, 6.07) is 3.58. The van der Waals surface area contributed by atoms with Crippen molar-refractivity contribution in [3.63, 3.8) is 0 Å². The lowest BCUT2D eigenvalue weighted by Gasteiger charge is -2.47. The summed E-state index contributed by atoms with van der Waals surface area (Å²) >= 11 is 0.861. The van der Waals surface area contributed by atoms with Crippen LogP contribution in [0.15, 0.2) is 30.6 Å². The number of thiophene rings is 1. The van der Waals surface area contributed by atoms with Gasteiger partial charge in [0.15, 0.2) is 17.5 Å². The Bertz CT molecular complexity index is 1550. The molecule has 0 amide bonds. The number of hydrogen-bond acceptors (Lipinski definition) is 7. The number of H-pyrrole nitrogens is 1. The lowest BCUT2D eigenvalue weighted by molar-refractivity contribution is -0.148. The largest absolute Gasteiger partial charge is 0.481 e. The van der Waals surface area contributed by atoms with Crippen molar-refractivity contribution in [3.05, 3.63) is 47.1 Å². The lowest BCUT2D eigenvalue weighted by Crippen LogP contribution is -2.51. The number of carboxylic acids is 2. The summed E-state index contributed by atoms with van der Waals surface area (Å²) in [5, 5.41) is 22.8. The number of aromatic nitrogens is 4. The fourth-order valence-corrected chi connectivity index (χ4v) is 6.57. The molecule has 0 aliphatic heterocycles. The number of nitrogens with zero attached hydrogens (tertiary/aromatic N) is 3. The molecule has 4 N–H and O–H groups in total. The smallest absolute Gasteiger partial charge is 0.345 e. The van der Waals surface area contributed by atoms with Crippen molar-refractivity contribution in [1.29, 1.82) is 0 Å². The highest BCUT2D eigenvalue weighted by atomic mass is 32.1. The van der Waals surface area contributed by atoms with Gasteiger partial charge in [-0.1, -0.05) is 0 Å². The predicted octanol–water partition coefficient (Wildman–Crippen LogP) is 5.03. The summed E-state index contributed by atoms with van der Waals surface area (Å²) in [4.78, 5) is 39.6. The number of nitrogens with one attached hydrogen (secondary N) is 2. The average Bonchev–Trinajstić information content (AvgIpc) is 3.53. The fourth-order valence-electron chi connectivity index (χ4n) is 5.74. The first kappa shape index (κ1) is 23.5. The van der Waals surface area contributed by atoms with Crippen LogP contribution in [0, 0.1) is 29.4 Å². The maximum absolute atomic E-state index is 15.9. The number of carboxylic acid groups (broad SMARTS) is 2. The number of carbonyl (C=O) groups is 2. The lowest BCUT2D eigenvalue weighted by atomic mass is 9.61. The molecule has 3 fully saturated rings. The van der Waals surface area contributed by atoms with Gasteiger partial charge in [-0.3, -0.25) is 4.79 Å². The van der Waals surface area contributed by atoms with Gasteiger partial charge in [0.2, 0.25) is 0 Å². The number of fused-ring (bicyclic) bond motifs is 4. The molecule has 4 heterocycles. The van der Waals surface area contributed by atoms with Crippen molar-refractivity contribution in [1.82, 2.24) is 19.9 Å². The first-order valence-electron chi connectivity index (χ1n) is 11.8. The van der Waals surface area contributed by atoms with Crippen molar-refractivity contribution in [2.75, 3.05) is 5.32 Å². The van der Waals surface area contributed by atoms with Crippen molar-refractivity contribution in [2.45, 2.75) is 31.7 Å². The van der Waals surface area contributed by atoms with Crippen molar-refractivity contribution in [3.8, 4) is 22.0 Å². The summed E-state index contributed by atoms with van der Waals surface area (Å²) in [6.45, 7) is 0. The van der Waals surface area contributed by atoms with E-state index < -0.39 is 35.5 Å². The molecule has 0 saturated heterocycles. The zero-order valence-corrected chi connectivity index (χ0v) is 20.1. The summed E-state index contributed by atoms with van der Waals surface area (Å²) in [7, 11) is 0. The van der Waals surface area contributed by atoms with E-state index in [1.165, 1.54) is 24.4 Å². The number of aromatic carboxylic acids is 1. The van der Waals surface area contributed by atoms with Gasteiger partial charge in [-0.2, -0.15) is 0 Å². The normalized spacial score (nSPS) is 22.9. The number of anilines is 1. The first-order chi connectivity index (χ1) is 17.8. The van der Waals surface area contributed by atoms with Gasteiger partial charge in [0.1, 0.15) is 22.0 Å². The third-order valence-electron chi connectivity index (χ3n) is 7.45. The number of halogens is 2. The molecule has 7 rings (SSSR count). The summed E-state index contributed by atoms with van der Waals surface area (Å²) in [5.41, 5.74) is 0.637. The SMILES string of the molecule is O=C(O)c1ccc(-c2nc(-c3c[nH]c4ncc(F)cc34)nc(N[C@H]3C4CCC(CC4)[C@@H]3C(=O)O)c2F)s1. The molecular weight excluding hydrogens is 504 g/mol. The zero-order valence-electron chi connectivity index (χ0n) is 19.2. The van der Waals surface area contributed by atoms with E-state index in [2.05, 4.69) is 25.3 Å². The van der Waals surface area contributed by atoms with Crippen molar-refractivity contribution >= 4 is 40.1 Å². The molecule has 0 unspecified atom stereocenters. The van der Waals surface area contributed by atoms with Crippen LogP contribution >= 0.6 is 11.3 Å². The molecule has 9 nitrogen and oxygen atoms in total. The fraction of sp³-hybridized carbons (Fsp3) is 0.320. The van der Waals surface area contributed by atoms with Gasteiger partial charge in [-0.15, -0.1) is 11.3 Å². The van der Waals surface area contributed by atoms with Gasteiger partial charge >= 0.3 is 11.9 Å². The second kappa shape index (κ2) is 8.87. The van der Waals surface area contributed by atoms with Gasteiger partial charge in [0.25, 0.3) is 0 Å². The Morgan fingerprint density at radius 1 is 1.08 bits per heavy atom. The van der Waals surface area contributed by atoms with Crippen LogP contribution in [-0.2, 0) is 4.79 Å². The van der Waals surface area contributed by atoms with Crippen LogP contribution in [0.1, 0.15) is 35.4 Å². The molecule has 3 aliphatic carbocycles. The Morgan fingerprint density at radius 3 is 2.54 bits per heavy atom. The molecule has 190 valence electrons. The number of aromatic amines is 1. The minimum atomic E-state index is -1.15. The van der Waals surface area contributed by atoms with E-state index in [1.807, 2.05) is 0 Å². The van der Waals surface area contributed by atoms with Crippen LogP contribution in [-0.4, -0.2) is 48.1 Å². The summed E-state index contributed by atoms with van der Waals surface area (Å²) < 4.78 is 29.9. The van der Waals surface area contributed by atoms with E-state index >= 15 is 4.39 Å². The standard InChI is InChI=1S/C25H21F2N5O4S/c26-12-7-13-14(9-29-21(13)28-8-12)22-31-20(15-5-6-16(37-15)24(33)34)18(27)23(32-22)30-19-11-3-1-10(2-4-11)17(19)25(35)36/h5-11,17,19H,1-4H2,(H,28,29)(H,33,34)(H,35,36)(H,30,31,32)/t10?,11?,17-,19-/m0/s1. The highest BCUT2D eigenvalue weighted by Crippen LogP contribution is 2.47. The first-order valence-corrected chi connectivity index (χ1v) is 12.6. The van der Waals surface area contributed by atoms with E-state index in [-0.39, 0.29) is 38.9 Å². The van der Waals surface area contributed by atoms with Crippen LogP contribution in [0.5, 0.6) is 0 Å². The van der Waals surface area contributed by atoms with E-state index in [0.29, 0.717) is 16.6 Å². The van der Waals surface area contributed by atoms with Gasteiger partial charge < -0.3 is 20.5 Å². The molecule has 37 heavy (non-hydrogen) atoms. The molecule has 12 heteroatoms. The zero-order chi connectivity index (χ0) is 25.8. The summed E-state index contributed by atoms with van der Waals surface area (Å²) in [5.74, 6) is -4.18. The Hall–Kier alpha value is -3.93. The average molecular weight is 526 g/mol. The molecule has 3 saturated carbocycles. The van der Waals surface area contributed by atoms with Crippen LogP contribution in [0.25, 0.3) is 33.0 Å². The molecule has 0 aromatic carbocycles. The van der Waals surface area contributed by atoms with Gasteiger partial charge in [-0.25, -0.2) is 28.5 Å². The summed E-state index contributed by atoms with van der Waals surface area (Å²) in [6.07, 6.45) is 5.94. The second-order valence-electron chi connectivity index (χ2n) is 9.49. The van der Waals surface area contributed by atoms with Gasteiger partial charge in [0, 0.05) is 23.2 Å². The molecule has 0 spiro atoms. The molecular formula is C25H21F2N5O4S. The minimum absolute atomic E-state index is 0.00178. The highest BCUT2D eigenvalue weighted by Gasteiger charge is 2.47. The van der Waals surface area contributed by atoms with Crippen LogP contribution in [0.2, 0.25) is 0 Å². The Kier molecular flexibility index (Phi) is 5.63. The van der Waals surface area contributed by atoms with E-state index in [4.69, 9.17) is 0 Å². The molecule has 2 bridgehead atoms. The Labute approximate surface area is 212 Å². The maximum atomic E-state index is 15.9. The highest BCUT2D eigenvalue weighted by molar-refractivity contribution is 7.17. The van der Waals surface area contributed by atoms with Crippen molar-refractivity contribution < 1.29 is 28.6 Å². The quantitative estimate of drug-likeness (QED) is 0.275. The minimum Gasteiger partial charge on any atom is -0.481 e. The van der Waals surface area contributed by atoms with Gasteiger partial charge in [0.05, 0.1) is 17.0 Å². The maximum Gasteiger partial charge on any atom is 0.345 e. The van der Waals surface area contributed by atoms with E-state index in [1.54, 1.807) is 0 Å². The van der Waals surface area contributed by atoms with Crippen LogP contribution in [0.3, 0.4) is 0 Å². The molecule has 0 radical (unpaired) electrons. The topological polar surface area (TPSA) is 141 Å².